The van der Waals surface area contributed by atoms with E-state index in [1.807, 2.05) is 12.3 Å². The molecule has 1 aromatic carbocycles. The van der Waals surface area contributed by atoms with E-state index >= 15 is 0 Å². The molecule has 0 bridgehead atoms. The van der Waals surface area contributed by atoms with Gasteiger partial charge in [-0.3, -0.25) is 9.68 Å². The first-order valence-electron chi connectivity index (χ1n) is 12.0. The van der Waals surface area contributed by atoms with E-state index in [0.29, 0.717) is 37.1 Å². The second-order valence-electron chi connectivity index (χ2n) is 9.66. The zero-order valence-electron chi connectivity index (χ0n) is 18.9. The number of benzene rings is 1. The molecule has 0 saturated carbocycles. The Morgan fingerprint density at radius 3 is 2.61 bits per heavy atom. The number of nitrogens with one attached hydrogen (secondary N) is 3. The van der Waals surface area contributed by atoms with Gasteiger partial charge in [0.05, 0.1) is 11.3 Å². The number of fused-ring (bicyclic) bond motifs is 2. The summed E-state index contributed by atoms with van der Waals surface area (Å²) in [6.07, 6.45) is 4.22. The number of rotatable bonds is 3. The summed E-state index contributed by atoms with van der Waals surface area (Å²) in [5.74, 6) is 3.09. The molecule has 0 radical (unpaired) electrons. The van der Waals surface area contributed by atoms with Gasteiger partial charge in [-0.1, -0.05) is 6.07 Å². The van der Waals surface area contributed by atoms with Crippen molar-refractivity contribution in [3.05, 3.63) is 41.6 Å². The van der Waals surface area contributed by atoms with Gasteiger partial charge < -0.3 is 20.3 Å². The van der Waals surface area contributed by atoms with Crippen LogP contribution in [-0.4, -0.2) is 70.9 Å². The predicted molar refractivity (Wildman–Crippen MR) is 131 cm³/mol. The maximum Gasteiger partial charge on any atom is 0.143 e. The van der Waals surface area contributed by atoms with E-state index in [-0.39, 0.29) is 0 Å². The van der Waals surface area contributed by atoms with E-state index < -0.39 is 9.73 Å². The van der Waals surface area contributed by atoms with Gasteiger partial charge in [0.25, 0.3) is 0 Å². The molecule has 0 unspecified atom stereocenters. The smallest absolute Gasteiger partial charge is 0.143 e. The highest BCUT2D eigenvalue weighted by Crippen LogP contribution is 2.40. The molecule has 3 fully saturated rings. The highest BCUT2D eigenvalue weighted by atomic mass is 32.2. The third kappa shape index (κ3) is 4.18. The van der Waals surface area contributed by atoms with Crippen LogP contribution in [-0.2, 0) is 16.3 Å². The second kappa shape index (κ2) is 8.45. The van der Waals surface area contributed by atoms with E-state index in [0.717, 1.165) is 47.6 Å². The Kier molecular flexibility index (Phi) is 5.43. The highest BCUT2D eigenvalue weighted by molar-refractivity contribution is 7.92. The van der Waals surface area contributed by atoms with Crippen LogP contribution >= 0.6 is 0 Å². The van der Waals surface area contributed by atoms with Crippen LogP contribution in [0.25, 0.3) is 0 Å². The molecule has 2 aromatic rings. The Morgan fingerprint density at radius 1 is 1.09 bits per heavy atom. The number of anilines is 3. The highest BCUT2D eigenvalue weighted by Gasteiger charge is 2.30. The van der Waals surface area contributed by atoms with E-state index in [2.05, 4.69) is 43.6 Å². The molecule has 33 heavy (non-hydrogen) atoms. The first-order valence-corrected chi connectivity index (χ1v) is 13.9. The van der Waals surface area contributed by atoms with Crippen molar-refractivity contribution in [3.63, 3.8) is 0 Å². The Morgan fingerprint density at radius 2 is 1.88 bits per heavy atom. The summed E-state index contributed by atoms with van der Waals surface area (Å²) < 4.78 is 26.2. The lowest BCUT2D eigenvalue weighted by Crippen LogP contribution is -2.58. The maximum absolute atomic E-state index is 12.1. The number of ether oxygens (including phenoxy) is 1. The molecule has 5 heterocycles. The molecule has 9 heteroatoms. The van der Waals surface area contributed by atoms with Crippen molar-refractivity contribution in [3.8, 4) is 5.75 Å². The standard InChI is InChI=1S/C24H32N6O2S/c25-33(31)11-9-30(10-12-33)22-3-6-27-24-20(22)16-32-23-2-1-18(13-21(23)28-24)17-4-7-29(8-5-17)19-14-26-15-19/h1-3,6,13,17,19,25-26H,4-5,7-12,14-16H2,(H,27,28). The van der Waals surface area contributed by atoms with Crippen LogP contribution in [0.15, 0.2) is 30.5 Å². The lowest BCUT2D eigenvalue weighted by atomic mass is 9.88. The summed E-state index contributed by atoms with van der Waals surface area (Å²) >= 11 is 0. The van der Waals surface area contributed by atoms with Gasteiger partial charge in [-0.05, 0) is 55.6 Å². The molecule has 176 valence electrons. The Hall–Kier alpha value is -2.36. The van der Waals surface area contributed by atoms with Crippen LogP contribution in [0.5, 0.6) is 5.75 Å². The van der Waals surface area contributed by atoms with Gasteiger partial charge in [0.15, 0.2) is 0 Å². The molecular weight excluding hydrogens is 436 g/mol. The van der Waals surface area contributed by atoms with Crippen molar-refractivity contribution in [1.82, 2.24) is 15.2 Å². The van der Waals surface area contributed by atoms with Gasteiger partial charge in [0, 0.05) is 65.3 Å². The SMILES string of the molecule is N=S1(=O)CCN(c2ccnc3c2COc2ccc(C4CCN(C5CNC5)CC4)cc2N3)CC1. The number of aromatic nitrogens is 1. The molecule has 4 aliphatic rings. The van der Waals surface area contributed by atoms with Crippen LogP contribution in [0.2, 0.25) is 0 Å². The zero-order chi connectivity index (χ0) is 22.4. The average Bonchev–Trinajstić information content (AvgIpc) is 2.97. The Labute approximate surface area is 195 Å². The van der Waals surface area contributed by atoms with Crippen LogP contribution in [0.4, 0.5) is 17.2 Å². The molecular formula is C24H32N6O2S. The molecule has 0 aliphatic carbocycles. The van der Waals surface area contributed by atoms with Crippen LogP contribution in [0.3, 0.4) is 0 Å². The quantitative estimate of drug-likeness (QED) is 0.638. The Bertz CT molecular complexity index is 1130. The topological polar surface area (TPSA) is 93.6 Å². The average molecular weight is 469 g/mol. The largest absolute Gasteiger partial charge is 0.487 e. The van der Waals surface area contributed by atoms with Gasteiger partial charge in [0.2, 0.25) is 0 Å². The van der Waals surface area contributed by atoms with Gasteiger partial charge in [-0.25, -0.2) is 9.19 Å². The van der Waals surface area contributed by atoms with Crippen molar-refractivity contribution in [2.75, 3.05) is 61.0 Å². The van der Waals surface area contributed by atoms with Crippen LogP contribution in [0, 0.1) is 4.78 Å². The van der Waals surface area contributed by atoms with E-state index in [4.69, 9.17) is 9.52 Å². The summed E-state index contributed by atoms with van der Waals surface area (Å²) in [6, 6.07) is 9.32. The van der Waals surface area contributed by atoms with E-state index in [9.17, 15) is 4.21 Å². The van der Waals surface area contributed by atoms with Crippen molar-refractivity contribution >= 4 is 26.9 Å². The first kappa shape index (κ1) is 21.2. The maximum atomic E-state index is 12.1. The molecule has 8 nitrogen and oxygen atoms in total. The van der Waals surface area contributed by atoms with Gasteiger partial charge in [-0.15, -0.1) is 0 Å². The third-order valence-corrected chi connectivity index (χ3v) is 9.34. The number of hydrogen-bond acceptors (Lipinski definition) is 8. The molecule has 1 aromatic heterocycles. The van der Waals surface area contributed by atoms with Crippen LogP contribution < -0.4 is 20.3 Å². The monoisotopic (exact) mass is 468 g/mol. The summed E-state index contributed by atoms with van der Waals surface area (Å²) in [7, 11) is -2.43. The summed E-state index contributed by atoms with van der Waals surface area (Å²) in [6.45, 7) is 6.32. The number of piperidine rings is 1. The molecule has 0 amide bonds. The molecule has 6 rings (SSSR count). The zero-order valence-corrected chi connectivity index (χ0v) is 19.7. The van der Waals surface area contributed by atoms with E-state index in [1.165, 1.54) is 31.5 Å². The second-order valence-corrected chi connectivity index (χ2v) is 12.1. The number of pyridine rings is 1. The number of nitrogens with zero attached hydrogens (tertiary/aromatic N) is 3. The Balaban J connectivity index is 1.21. The van der Waals surface area contributed by atoms with Gasteiger partial charge >= 0.3 is 0 Å². The third-order valence-electron chi connectivity index (χ3n) is 7.66. The minimum atomic E-state index is -2.43. The summed E-state index contributed by atoms with van der Waals surface area (Å²) in [5.41, 5.74) is 4.44. The van der Waals surface area contributed by atoms with Crippen molar-refractivity contribution in [2.24, 2.45) is 0 Å². The van der Waals surface area contributed by atoms with Crippen LogP contribution in [0.1, 0.15) is 29.9 Å². The van der Waals surface area contributed by atoms with Gasteiger partial charge in [0.1, 0.15) is 18.2 Å². The molecule has 3 saturated heterocycles. The minimum Gasteiger partial charge on any atom is -0.487 e. The first-order chi connectivity index (χ1) is 16.1. The van der Waals surface area contributed by atoms with E-state index in [1.54, 1.807) is 0 Å². The summed E-state index contributed by atoms with van der Waals surface area (Å²) in [5, 5.41) is 6.93. The fourth-order valence-corrected chi connectivity index (χ4v) is 6.67. The lowest BCUT2D eigenvalue weighted by Gasteiger charge is -2.42. The summed E-state index contributed by atoms with van der Waals surface area (Å²) in [4.78, 5) is 9.48. The molecule has 3 N–H and O–H groups in total. The van der Waals surface area contributed by atoms with Crippen molar-refractivity contribution in [2.45, 2.75) is 31.4 Å². The minimum absolute atomic E-state index is 0.415. The lowest BCUT2D eigenvalue weighted by molar-refractivity contribution is 0.113. The fourth-order valence-electron chi connectivity index (χ4n) is 5.43. The molecule has 0 spiro atoms. The molecule has 4 aliphatic heterocycles. The predicted octanol–water partition coefficient (Wildman–Crippen LogP) is 2.74. The number of likely N-dealkylation sites (tertiary alicyclic amines) is 1. The fraction of sp³-hybridized carbons (Fsp3) is 0.542. The normalized spacial score (nSPS) is 23.5. The van der Waals surface area contributed by atoms with Gasteiger partial charge in [-0.2, -0.15) is 0 Å². The van der Waals surface area contributed by atoms with Crippen molar-refractivity contribution < 1.29 is 8.95 Å². The van der Waals surface area contributed by atoms with Crippen molar-refractivity contribution in [1.29, 1.82) is 4.78 Å². The number of hydrogen-bond donors (Lipinski definition) is 3. The molecule has 0 atom stereocenters.